The van der Waals surface area contributed by atoms with Crippen LogP contribution in [0.2, 0.25) is 0 Å². The SMILES string of the molecule is CC(C)(C)OC(=O)CCOCCOCCOCCOCCOCCOCCOCCOCCOCCOCCCNC(=O)OCC1c2ccccc2-c2ccccc21. The minimum atomic E-state index is -0.479. The van der Waals surface area contributed by atoms with E-state index in [4.69, 9.17) is 56.8 Å². The molecule has 2 aromatic rings. The summed E-state index contributed by atoms with van der Waals surface area (Å²) in [5.41, 5.74) is 4.32. The van der Waals surface area contributed by atoms with Gasteiger partial charge >= 0.3 is 12.1 Å². The zero-order chi connectivity index (χ0) is 41.4. The van der Waals surface area contributed by atoms with Crippen LogP contribution >= 0.6 is 0 Å². The summed E-state index contributed by atoms with van der Waals surface area (Å²) in [4.78, 5) is 23.9. The molecule has 1 aliphatic rings. The highest BCUT2D eigenvalue weighted by Crippen LogP contribution is 2.44. The number of esters is 1. The van der Waals surface area contributed by atoms with E-state index < -0.39 is 11.7 Å². The third kappa shape index (κ3) is 23.4. The quantitative estimate of drug-likeness (QED) is 0.0738. The minimum Gasteiger partial charge on any atom is -0.460 e. The second-order valence-electron chi connectivity index (χ2n) is 14.1. The van der Waals surface area contributed by atoms with Gasteiger partial charge < -0.3 is 62.2 Å². The predicted octanol–water partition coefficient (Wildman–Crippen LogP) is 4.81. The number of hydrogen-bond acceptors (Lipinski definition) is 14. The average molecular weight is 822 g/mol. The molecule has 0 unspecified atom stereocenters. The fraction of sp³-hybridized carbons (Fsp3) is 0.674. The van der Waals surface area contributed by atoms with Gasteiger partial charge in [0.2, 0.25) is 0 Å². The van der Waals surface area contributed by atoms with Crippen molar-refractivity contribution in [3.05, 3.63) is 59.7 Å². The first-order chi connectivity index (χ1) is 28.3. The van der Waals surface area contributed by atoms with E-state index in [0.29, 0.717) is 152 Å². The molecule has 15 nitrogen and oxygen atoms in total. The van der Waals surface area contributed by atoms with Crippen LogP contribution in [-0.2, 0) is 61.6 Å². The second-order valence-corrected chi connectivity index (χ2v) is 14.1. The van der Waals surface area contributed by atoms with Crippen molar-refractivity contribution in [2.75, 3.05) is 145 Å². The van der Waals surface area contributed by atoms with Gasteiger partial charge in [0.15, 0.2) is 0 Å². The Hall–Kier alpha value is -3.22. The van der Waals surface area contributed by atoms with Crippen LogP contribution in [0.15, 0.2) is 48.5 Å². The Kier molecular flexibility index (Phi) is 26.8. The minimum absolute atomic E-state index is 0.0458. The van der Waals surface area contributed by atoms with Gasteiger partial charge in [-0.05, 0) is 49.4 Å². The number of alkyl carbamates (subject to hydrolysis) is 1. The standard InChI is InChI=1S/C43H67NO14/c1-43(2,3)58-41(45)13-16-48-18-20-50-22-24-52-26-28-54-30-32-56-34-33-55-31-29-53-27-25-51-23-21-49-19-17-47-15-8-14-44-42(46)57-35-40-38-11-6-4-9-36(38)37-10-5-7-12-39(37)40/h4-7,9-12,40H,8,13-35H2,1-3H3,(H,44,46). The summed E-state index contributed by atoms with van der Waals surface area (Å²) in [5, 5.41) is 2.80. The lowest BCUT2D eigenvalue weighted by molar-refractivity contribution is -0.156. The fourth-order valence-corrected chi connectivity index (χ4v) is 5.64. The number of ether oxygens (including phenoxy) is 12. The van der Waals surface area contributed by atoms with Crippen LogP contribution in [0.4, 0.5) is 4.79 Å². The van der Waals surface area contributed by atoms with Crippen LogP contribution in [0.1, 0.15) is 50.7 Å². The molecule has 0 saturated carbocycles. The van der Waals surface area contributed by atoms with Crippen molar-refractivity contribution in [3.8, 4) is 11.1 Å². The molecule has 0 saturated heterocycles. The van der Waals surface area contributed by atoms with Crippen LogP contribution in [-0.4, -0.2) is 163 Å². The lowest BCUT2D eigenvalue weighted by Crippen LogP contribution is -2.27. The highest BCUT2D eigenvalue weighted by atomic mass is 16.6. The molecule has 0 atom stereocenters. The fourth-order valence-electron chi connectivity index (χ4n) is 5.64. The maximum atomic E-state index is 12.3. The van der Waals surface area contributed by atoms with E-state index in [1.807, 2.05) is 45.0 Å². The summed E-state index contributed by atoms with van der Waals surface area (Å²) in [7, 11) is 0. The molecule has 328 valence electrons. The van der Waals surface area contributed by atoms with Crippen molar-refractivity contribution in [1.29, 1.82) is 0 Å². The van der Waals surface area contributed by atoms with Crippen LogP contribution in [0.5, 0.6) is 0 Å². The lowest BCUT2D eigenvalue weighted by Gasteiger charge is -2.19. The van der Waals surface area contributed by atoms with Gasteiger partial charge in [0, 0.05) is 19.1 Å². The molecule has 1 aliphatic carbocycles. The molecule has 1 amide bonds. The molecule has 0 radical (unpaired) electrons. The summed E-state index contributed by atoms with van der Waals surface area (Å²) >= 11 is 0. The van der Waals surface area contributed by atoms with Gasteiger partial charge in [-0.3, -0.25) is 4.79 Å². The Bertz CT molecular complexity index is 1310. The maximum absolute atomic E-state index is 12.3. The summed E-state index contributed by atoms with van der Waals surface area (Å²) in [5.74, 6) is -0.223. The highest BCUT2D eigenvalue weighted by molar-refractivity contribution is 5.79. The van der Waals surface area contributed by atoms with E-state index in [2.05, 4.69) is 29.6 Å². The number of rotatable bonds is 36. The highest BCUT2D eigenvalue weighted by Gasteiger charge is 2.29. The Labute approximate surface area is 344 Å². The van der Waals surface area contributed by atoms with Gasteiger partial charge in [0.05, 0.1) is 132 Å². The first-order valence-electron chi connectivity index (χ1n) is 20.4. The molecule has 0 heterocycles. The maximum Gasteiger partial charge on any atom is 0.407 e. The Morgan fingerprint density at radius 3 is 1.22 bits per heavy atom. The smallest absolute Gasteiger partial charge is 0.407 e. The Balaban J connectivity index is 0.938. The molecule has 58 heavy (non-hydrogen) atoms. The predicted molar refractivity (Wildman–Crippen MR) is 216 cm³/mol. The van der Waals surface area contributed by atoms with E-state index in [-0.39, 0.29) is 18.3 Å². The van der Waals surface area contributed by atoms with E-state index in [1.54, 1.807) is 0 Å². The molecule has 0 aliphatic heterocycles. The van der Waals surface area contributed by atoms with Crippen molar-refractivity contribution < 1.29 is 66.4 Å². The van der Waals surface area contributed by atoms with Crippen molar-refractivity contribution in [3.63, 3.8) is 0 Å². The molecule has 0 spiro atoms. The number of amides is 1. The first-order valence-corrected chi connectivity index (χ1v) is 20.4. The van der Waals surface area contributed by atoms with E-state index >= 15 is 0 Å². The summed E-state index contributed by atoms with van der Waals surface area (Å²) in [6.45, 7) is 15.6. The van der Waals surface area contributed by atoms with Gasteiger partial charge in [0.25, 0.3) is 0 Å². The van der Waals surface area contributed by atoms with E-state index in [0.717, 1.165) is 0 Å². The van der Waals surface area contributed by atoms with E-state index in [9.17, 15) is 9.59 Å². The topological polar surface area (TPSA) is 157 Å². The molecule has 3 rings (SSSR count). The Morgan fingerprint density at radius 2 is 0.845 bits per heavy atom. The van der Waals surface area contributed by atoms with Gasteiger partial charge in [0.1, 0.15) is 12.2 Å². The summed E-state index contributed by atoms with van der Waals surface area (Å²) < 4.78 is 65.7. The zero-order valence-corrected chi connectivity index (χ0v) is 34.9. The molecule has 0 aromatic heterocycles. The van der Waals surface area contributed by atoms with Crippen molar-refractivity contribution >= 4 is 12.1 Å². The van der Waals surface area contributed by atoms with Crippen LogP contribution in [0.25, 0.3) is 11.1 Å². The number of hydrogen-bond donors (Lipinski definition) is 1. The zero-order valence-electron chi connectivity index (χ0n) is 34.9. The number of fused-ring (bicyclic) bond motifs is 3. The van der Waals surface area contributed by atoms with Crippen molar-refractivity contribution in [1.82, 2.24) is 5.32 Å². The molecule has 15 heteroatoms. The largest absolute Gasteiger partial charge is 0.460 e. The molecular formula is C43H67NO14. The van der Waals surface area contributed by atoms with Gasteiger partial charge in [-0.1, -0.05) is 48.5 Å². The van der Waals surface area contributed by atoms with E-state index in [1.165, 1.54) is 22.3 Å². The second kappa shape index (κ2) is 31.7. The molecule has 1 N–H and O–H groups in total. The molecule has 0 bridgehead atoms. The Morgan fingerprint density at radius 1 is 0.500 bits per heavy atom. The summed E-state index contributed by atoms with van der Waals surface area (Å²) in [6, 6.07) is 16.6. The molecule has 2 aromatic carbocycles. The van der Waals surface area contributed by atoms with Crippen LogP contribution in [0.3, 0.4) is 0 Å². The van der Waals surface area contributed by atoms with Crippen molar-refractivity contribution in [2.24, 2.45) is 0 Å². The monoisotopic (exact) mass is 821 g/mol. The number of carbonyl (C=O) groups is 2. The normalized spacial score (nSPS) is 12.4. The van der Waals surface area contributed by atoms with Gasteiger partial charge in [-0.15, -0.1) is 0 Å². The molecule has 0 fully saturated rings. The lowest BCUT2D eigenvalue weighted by atomic mass is 9.98. The average Bonchev–Trinajstić information content (AvgIpc) is 3.53. The number of benzene rings is 2. The first kappa shape index (κ1) is 49.1. The van der Waals surface area contributed by atoms with Crippen LogP contribution < -0.4 is 5.32 Å². The number of carbonyl (C=O) groups excluding carboxylic acids is 2. The molecular weight excluding hydrogens is 754 g/mol. The van der Waals surface area contributed by atoms with Gasteiger partial charge in [-0.2, -0.15) is 0 Å². The third-order valence-electron chi connectivity index (χ3n) is 8.30. The number of nitrogens with one attached hydrogen (secondary N) is 1. The third-order valence-corrected chi connectivity index (χ3v) is 8.30. The summed E-state index contributed by atoms with van der Waals surface area (Å²) in [6.07, 6.45) is 0.488. The van der Waals surface area contributed by atoms with Crippen molar-refractivity contribution in [2.45, 2.75) is 45.1 Å². The van der Waals surface area contributed by atoms with Crippen LogP contribution in [0, 0.1) is 0 Å². The van der Waals surface area contributed by atoms with Gasteiger partial charge in [-0.25, -0.2) is 4.79 Å².